The van der Waals surface area contributed by atoms with Crippen molar-refractivity contribution >= 4 is 33.4 Å². The number of halogens is 1. The predicted octanol–water partition coefficient (Wildman–Crippen LogP) is 6.26. The molecule has 8 rings (SSSR count). The van der Waals surface area contributed by atoms with E-state index in [0.717, 1.165) is 33.4 Å². The van der Waals surface area contributed by atoms with Crippen LogP contribution in [0.15, 0.2) is 103 Å². The Kier molecular flexibility index (Phi) is 4.10. The molecule has 2 amide bonds. The summed E-state index contributed by atoms with van der Waals surface area (Å²) in [5, 5.41) is 0. The van der Waals surface area contributed by atoms with Crippen molar-refractivity contribution in [1.82, 2.24) is 0 Å². The van der Waals surface area contributed by atoms with Gasteiger partial charge in [0, 0.05) is 5.92 Å². The lowest BCUT2D eigenvalue weighted by molar-refractivity contribution is -0.122. The summed E-state index contributed by atoms with van der Waals surface area (Å²) in [5.74, 6) is -1.27. The number of anilines is 1. The largest absolute Gasteiger partial charge is 0.274 e. The summed E-state index contributed by atoms with van der Waals surface area (Å²) in [6, 6.07) is 34.3. The van der Waals surface area contributed by atoms with Gasteiger partial charge in [0.1, 0.15) is 0 Å². The van der Waals surface area contributed by atoms with Gasteiger partial charge in [0.25, 0.3) is 0 Å². The van der Waals surface area contributed by atoms with E-state index in [9.17, 15) is 9.59 Å². The van der Waals surface area contributed by atoms with Crippen molar-refractivity contribution in [2.45, 2.75) is 10.2 Å². The quantitative estimate of drug-likeness (QED) is 0.238. The fourth-order valence-electron chi connectivity index (χ4n) is 6.37. The van der Waals surface area contributed by atoms with Crippen LogP contribution in [0.1, 0.15) is 28.2 Å². The van der Waals surface area contributed by atoms with E-state index in [1.165, 1.54) is 4.90 Å². The van der Waals surface area contributed by atoms with E-state index in [0.29, 0.717) is 5.69 Å². The molecular weight excluding hydrogens is 486 g/mol. The van der Waals surface area contributed by atoms with Crippen molar-refractivity contribution in [3.8, 4) is 11.1 Å². The van der Waals surface area contributed by atoms with Gasteiger partial charge in [-0.2, -0.15) is 0 Å². The molecule has 164 valence electrons. The van der Waals surface area contributed by atoms with Crippen LogP contribution in [0.2, 0.25) is 0 Å². The molecule has 0 unspecified atom stereocenters. The summed E-state index contributed by atoms with van der Waals surface area (Å²) in [6.07, 6.45) is 0. The number of imide groups is 1. The van der Waals surface area contributed by atoms with Gasteiger partial charge in [-0.1, -0.05) is 107 Å². The van der Waals surface area contributed by atoms with Crippen molar-refractivity contribution in [1.29, 1.82) is 0 Å². The number of carbonyl (C=O) groups is 2. The maximum absolute atomic E-state index is 14.0. The molecule has 3 aliphatic carbocycles. The topological polar surface area (TPSA) is 37.4 Å². The van der Waals surface area contributed by atoms with E-state index < -0.39 is 16.2 Å². The van der Waals surface area contributed by atoms with Crippen molar-refractivity contribution in [3.05, 3.63) is 125 Å². The first-order valence-corrected chi connectivity index (χ1v) is 12.3. The summed E-state index contributed by atoms with van der Waals surface area (Å²) < 4.78 is -0.717. The van der Waals surface area contributed by atoms with Crippen LogP contribution >= 0.6 is 15.9 Å². The van der Waals surface area contributed by atoms with E-state index in [4.69, 9.17) is 0 Å². The fourth-order valence-corrected chi connectivity index (χ4v) is 7.57. The first-order valence-electron chi connectivity index (χ1n) is 11.5. The van der Waals surface area contributed by atoms with Crippen LogP contribution in [0.5, 0.6) is 0 Å². The van der Waals surface area contributed by atoms with Crippen LogP contribution < -0.4 is 4.90 Å². The second-order valence-corrected chi connectivity index (χ2v) is 10.5. The summed E-state index contributed by atoms with van der Waals surface area (Å²) in [7, 11) is 0. The molecular formula is C30H20BrNO2. The van der Waals surface area contributed by atoms with Gasteiger partial charge in [-0.3, -0.25) is 9.59 Å². The summed E-state index contributed by atoms with van der Waals surface area (Å²) >= 11 is 4.05. The molecule has 1 aliphatic heterocycles. The number of benzene rings is 4. The van der Waals surface area contributed by atoms with Gasteiger partial charge >= 0.3 is 0 Å². The van der Waals surface area contributed by atoms with Crippen molar-refractivity contribution in [2.24, 2.45) is 11.8 Å². The lowest BCUT2D eigenvalue weighted by Gasteiger charge is -2.51. The third-order valence-corrected chi connectivity index (χ3v) is 9.09. The molecule has 0 radical (unpaired) electrons. The van der Waals surface area contributed by atoms with Crippen molar-refractivity contribution < 1.29 is 9.59 Å². The molecule has 2 bridgehead atoms. The highest BCUT2D eigenvalue weighted by atomic mass is 79.9. The Morgan fingerprint density at radius 3 is 1.76 bits per heavy atom. The highest BCUT2D eigenvalue weighted by molar-refractivity contribution is 9.09. The first-order chi connectivity index (χ1) is 16.6. The SMILES string of the molecule is O=C1[C@H]2C3c4ccccc4C(Br)(c4ccccc43)[C@H]2C(=O)N1c1ccc(-c2ccccc2)cc1. The maximum Gasteiger partial charge on any atom is 0.239 e. The van der Waals surface area contributed by atoms with Gasteiger partial charge in [-0.05, 0) is 45.5 Å². The molecule has 0 N–H and O–H groups in total. The number of hydrogen-bond donors (Lipinski definition) is 0. The Hall–Kier alpha value is -3.50. The minimum atomic E-state index is -0.717. The zero-order valence-electron chi connectivity index (χ0n) is 18.2. The van der Waals surface area contributed by atoms with Crippen molar-refractivity contribution in [3.63, 3.8) is 0 Å². The van der Waals surface area contributed by atoms with Crippen LogP contribution in [0.3, 0.4) is 0 Å². The third-order valence-electron chi connectivity index (χ3n) is 7.75. The standard InChI is InChI=1S/C30H20BrNO2/c31-30-23-12-6-4-10-21(23)25(22-11-5-7-13-24(22)30)26-27(30)29(34)32(28(26)33)20-16-14-19(15-17-20)18-8-2-1-3-9-18/h1-17,25-27H/t25?,26-,27+,30?/m0/s1. The molecule has 1 heterocycles. The highest BCUT2D eigenvalue weighted by Crippen LogP contribution is 2.66. The second kappa shape index (κ2) is 7.00. The molecule has 2 atom stereocenters. The Labute approximate surface area is 206 Å². The van der Waals surface area contributed by atoms with E-state index in [2.05, 4.69) is 52.3 Å². The lowest BCUT2D eigenvalue weighted by Crippen LogP contribution is -2.50. The Morgan fingerprint density at radius 2 is 1.15 bits per heavy atom. The third kappa shape index (κ3) is 2.41. The fraction of sp³-hybridized carbons (Fsp3) is 0.133. The molecule has 1 saturated heterocycles. The van der Waals surface area contributed by atoms with Gasteiger partial charge in [0.2, 0.25) is 11.8 Å². The molecule has 0 aromatic heterocycles. The smallest absolute Gasteiger partial charge is 0.239 e. The molecule has 4 heteroatoms. The van der Waals surface area contributed by atoms with Gasteiger partial charge < -0.3 is 0 Å². The average molecular weight is 506 g/mol. The van der Waals surface area contributed by atoms with Crippen LogP contribution in [-0.2, 0) is 13.9 Å². The van der Waals surface area contributed by atoms with Crippen LogP contribution in [0.4, 0.5) is 5.69 Å². The van der Waals surface area contributed by atoms with E-state index in [1.54, 1.807) is 0 Å². The number of alkyl halides is 1. The minimum Gasteiger partial charge on any atom is -0.274 e. The zero-order valence-corrected chi connectivity index (χ0v) is 19.8. The Morgan fingerprint density at radius 1 is 0.618 bits per heavy atom. The molecule has 0 spiro atoms. The van der Waals surface area contributed by atoms with Gasteiger partial charge in [0.15, 0.2) is 0 Å². The van der Waals surface area contributed by atoms with Crippen molar-refractivity contribution in [2.75, 3.05) is 4.90 Å². The predicted molar refractivity (Wildman–Crippen MR) is 136 cm³/mol. The number of carbonyl (C=O) groups excluding carboxylic acids is 2. The maximum atomic E-state index is 14.0. The zero-order chi connectivity index (χ0) is 23.0. The molecule has 34 heavy (non-hydrogen) atoms. The molecule has 4 aliphatic rings. The monoisotopic (exact) mass is 505 g/mol. The highest BCUT2D eigenvalue weighted by Gasteiger charge is 2.67. The molecule has 1 fully saturated rings. The van der Waals surface area contributed by atoms with Crippen LogP contribution in [0.25, 0.3) is 11.1 Å². The average Bonchev–Trinajstić information content (AvgIpc) is 3.16. The number of amides is 2. The van der Waals surface area contributed by atoms with E-state index in [-0.39, 0.29) is 17.7 Å². The number of nitrogens with zero attached hydrogens (tertiary/aromatic N) is 1. The lowest BCUT2D eigenvalue weighted by atomic mass is 9.55. The summed E-state index contributed by atoms with van der Waals surface area (Å²) in [4.78, 5) is 29.4. The first kappa shape index (κ1) is 19.9. The summed E-state index contributed by atoms with van der Waals surface area (Å²) in [6.45, 7) is 0. The molecule has 3 nitrogen and oxygen atoms in total. The Balaban J connectivity index is 1.36. The summed E-state index contributed by atoms with van der Waals surface area (Å²) in [5.41, 5.74) is 7.27. The Bertz CT molecular complexity index is 1430. The van der Waals surface area contributed by atoms with E-state index in [1.807, 2.05) is 66.7 Å². The van der Waals surface area contributed by atoms with Gasteiger partial charge in [-0.15, -0.1) is 0 Å². The number of rotatable bonds is 2. The number of hydrogen-bond acceptors (Lipinski definition) is 2. The second-order valence-electron chi connectivity index (χ2n) is 9.29. The van der Waals surface area contributed by atoms with Gasteiger partial charge in [0.05, 0.1) is 21.8 Å². The van der Waals surface area contributed by atoms with Crippen LogP contribution in [-0.4, -0.2) is 11.8 Å². The normalized spacial score (nSPS) is 26.3. The van der Waals surface area contributed by atoms with Gasteiger partial charge in [-0.25, -0.2) is 4.90 Å². The minimum absolute atomic E-state index is 0.111. The molecule has 4 aromatic carbocycles. The molecule has 0 saturated carbocycles. The molecule has 4 aromatic rings. The van der Waals surface area contributed by atoms with E-state index >= 15 is 0 Å². The van der Waals surface area contributed by atoms with Crippen LogP contribution in [0, 0.1) is 11.8 Å².